The molecule has 0 aromatic rings. The van der Waals surface area contributed by atoms with Crippen molar-refractivity contribution in [1.82, 2.24) is 0 Å². The lowest BCUT2D eigenvalue weighted by molar-refractivity contribution is -0.180. The van der Waals surface area contributed by atoms with Gasteiger partial charge in [0.15, 0.2) is 0 Å². The van der Waals surface area contributed by atoms with Gasteiger partial charge in [0.1, 0.15) is 11.9 Å². The van der Waals surface area contributed by atoms with Crippen LogP contribution in [0.1, 0.15) is 72.1 Å². The number of rotatable bonds is 1. The van der Waals surface area contributed by atoms with Gasteiger partial charge in [0, 0.05) is 18.8 Å². The van der Waals surface area contributed by atoms with Crippen LogP contribution in [0.2, 0.25) is 0 Å². The average molecular weight is 348 g/mol. The minimum Gasteiger partial charge on any atom is -0.463 e. The monoisotopic (exact) mass is 348 g/mol. The molecule has 8 atom stereocenters. The zero-order chi connectivity index (χ0) is 18.0. The van der Waals surface area contributed by atoms with Gasteiger partial charge in [0.05, 0.1) is 6.10 Å². The van der Waals surface area contributed by atoms with Crippen molar-refractivity contribution in [2.75, 3.05) is 0 Å². The van der Waals surface area contributed by atoms with Crippen LogP contribution in [0.5, 0.6) is 0 Å². The minimum absolute atomic E-state index is 0.0383. The highest BCUT2D eigenvalue weighted by Crippen LogP contribution is 2.65. The molecule has 0 aromatic carbocycles. The molecule has 4 saturated carbocycles. The summed E-state index contributed by atoms with van der Waals surface area (Å²) >= 11 is 0. The standard InChI is InChI=1S/C21H32O4/c1-12(22)25-13-6-8-20(2)16-7-9-21(3)15(4-5-19(21)24)14(16)11-18(23)17(20)10-13/h13-18,23H,4-11H2,1-3H3/t13-,14-,15-,16-,17+,18-,20+,21-/m0/s1. The average Bonchev–Trinajstić information content (AvgIpc) is 2.84. The van der Waals surface area contributed by atoms with E-state index in [0.29, 0.717) is 23.5 Å². The summed E-state index contributed by atoms with van der Waals surface area (Å²) in [6.07, 6.45) is 7.05. The third kappa shape index (κ3) is 2.50. The molecule has 0 radical (unpaired) electrons. The van der Waals surface area contributed by atoms with E-state index in [9.17, 15) is 14.7 Å². The first-order valence-electron chi connectivity index (χ1n) is 10.1. The van der Waals surface area contributed by atoms with Crippen LogP contribution in [-0.2, 0) is 14.3 Å². The van der Waals surface area contributed by atoms with Crippen LogP contribution in [0.25, 0.3) is 0 Å². The van der Waals surface area contributed by atoms with Crippen molar-refractivity contribution in [3.8, 4) is 0 Å². The Labute approximate surface area is 150 Å². The van der Waals surface area contributed by atoms with Gasteiger partial charge in [-0.15, -0.1) is 0 Å². The highest BCUT2D eigenvalue weighted by molar-refractivity contribution is 5.87. The van der Waals surface area contributed by atoms with Gasteiger partial charge in [-0.3, -0.25) is 9.59 Å². The summed E-state index contributed by atoms with van der Waals surface area (Å²) in [5, 5.41) is 11.0. The van der Waals surface area contributed by atoms with E-state index in [0.717, 1.165) is 51.4 Å². The number of carbonyl (C=O) groups excluding carboxylic acids is 2. The van der Waals surface area contributed by atoms with Gasteiger partial charge >= 0.3 is 5.97 Å². The predicted octanol–water partition coefficient (Wildman–Crippen LogP) is 3.50. The van der Waals surface area contributed by atoms with Crippen LogP contribution in [0.15, 0.2) is 0 Å². The number of carbonyl (C=O) groups is 2. The van der Waals surface area contributed by atoms with Gasteiger partial charge < -0.3 is 9.84 Å². The molecule has 0 saturated heterocycles. The van der Waals surface area contributed by atoms with Crippen LogP contribution >= 0.6 is 0 Å². The third-order valence-corrected chi connectivity index (χ3v) is 8.67. The van der Waals surface area contributed by atoms with E-state index in [2.05, 4.69) is 13.8 Å². The van der Waals surface area contributed by atoms with Crippen molar-refractivity contribution < 1.29 is 19.4 Å². The predicted molar refractivity (Wildman–Crippen MR) is 93.7 cm³/mol. The molecule has 0 aliphatic heterocycles. The van der Waals surface area contributed by atoms with Crippen molar-refractivity contribution >= 4 is 11.8 Å². The van der Waals surface area contributed by atoms with E-state index in [1.807, 2.05) is 0 Å². The van der Waals surface area contributed by atoms with E-state index in [1.165, 1.54) is 6.92 Å². The Kier molecular flexibility index (Phi) is 4.06. The number of aliphatic hydroxyl groups is 1. The van der Waals surface area contributed by atoms with Gasteiger partial charge in [0.25, 0.3) is 0 Å². The Balaban J connectivity index is 1.59. The number of hydrogen-bond donors (Lipinski definition) is 1. The lowest BCUT2D eigenvalue weighted by atomic mass is 9.44. The van der Waals surface area contributed by atoms with Crippen LogP contribution in [0.3, 0.4) is 0 Å². The Morgan fingerprint density at radius 2 is 1.84 bits per heavy atom. The van der Waals surface area contributed by atoms with Crippen LogP contribution in [0, 0.1) is 34.5 Å². The van der Waals surface area contributed by atoms with E-state index in [-0.39, 0.29) is 34.9 Å². The van der Waals surface area contributed by atoms with Gasteiger partial charge in [-0.25, -0.2) is 0 Å². The maximum atomic E-state index is 12.5. The molecule has 0 amide bonds. The van der Waals surface area contributed by atoms with Crippen LogP contribution in [0.4, 0.5) is 0 Å². The molecule has 4 aliphatic rings. The van der Waals surface area contributed by atoms with Crippen molar-refractivity contribution in [3.05, 3.63) is 0 Å². The fourth-order valence-corrected chi connectivity index (χ4v) is 7.38. The van der Waals surface area contributed by atoms with Gasteiger partial charge in [0.2, 0.25) is 0 Å². The Morgan fingerprint density at radius 1 is 1.08 bits per heavy atom. The maximum absolute atomic E-state index is 12.5. The first kappa shape index (κ1) is 17.5. The summed E-state index contributed by atoms with van der Waals surface area (Å²) in [4.78, 5) is 23.8. The quantitative estimate of drug-likeness (QED) is 0.737. The Morgan fingerprint density at radius 3 is 2.56 bits per heavy atom. The molecule has 4 heteroatoms. The molecule has 0 spiro atoms. The number of esters is 1. The molecule has 140 valence electrons. The van der Waals surface area contributed by atoms with Crippen molar-refractivity contribution in [1.29, 1.82) is 0 Å². The molecular weight excluding hydrogens is 316 g/mol. The number of fused-ring (bicyclic) bond motifs is 5. The second kappa shape index (κ2) is 5.80. The summed E-state index contributed by atoms with van der Waals surface area (Å²) in [5.74, 6) is 1.99. The molecule has 0 aromatic heterocycles. The fourth-order valence-electron chi connectivity index (χ4n) is 7.38. The van der Waals surface area contributed by atoms with Crippen LogP contribution in [-0.4, -0.2) is 29.1 Å². The summed E-state index contributed by atoms with van der Waals surface area (Å²) in [5.41, 5.74) is -0.0228. The van der Waals surface area contributed by atoms with E-state index in [1.54, 1.807) is 0 Å². The lowest BCUT2D eigenvalue weighted by Crippen LogP contribution is -2.58. The number of ketones is 1. The SMILES string of the molecule is CC(=O)O[C@H]1CC[C@@]2(C)[C@H](C1)[C@@H](O)C[C@@H]1[C@@H]2CC[C@]2(C)C(=O)CC[C@@H]12. The van der Waals surface area contributed by atoms with Crippen molar-refractivity contribution in [2.24, 2.45) is 34.5 Å². The zero-order valence-corrected chi connectivity index (χ0v) is 15.8. The first-order valence-corrected chi connectivity index (χ1v) is 10.1. The number of ether oxygens (including phenoxy) is 1. The number of Topliss-reactive ketones (excluding diaryl/α,β-unsaturated/α-hetero) is 1. The molecule has 4 rings (SSSR count). The molecular formula is C21H32O4. The maximum Gasteiger partial charge on any atom is 0.302 e. The topological polar surface area (TPSA) is 63.6 Å². The van der Waals surface area contributed by atoms with E-state index < -0.39 is 0 Å². The lowest BCUT2D eigenvalue weighted by Gasteiger charge is -2.61. The first-order chi connectivity index (χ1) is 11.8. The van der Waals surface area contributed by atoms with Gasteiger partial charge in [-0.1, -0.05) is 13.8 Å². The molecule has 4 nitrogen and oxygen atoms in total. The number of aliphatic hydroxyl groups excluding tert-OH is 1. The van der Waals surface area contributed by atoms with Gasteiger partial charge in [-0.2, -0.15) is 0 Å². The van der Waals surface area contributed by atoms with Crippen molar-refractivity contribution in [2.45, 2.75) is 84.3 Å². The highest BCUT2D eigenvalue weighted by Gasteiger charge is 2.62. The largest absolute Gasteiger partial charge is 0.463 e. The molecule has 4 fully saturated rings. The second-order valence-corrected chi connectivity index (χ2v) is 9.72. The molecule has 4 aliphatic carbocycles. The normalized spacial score (nSPS) is 52.1. The summed E-state index contributed by atoms with van der Waals surface area (Å²) in [7, 11) is 0. The van der Waals surface area contributed by atoms with E-state index in [4.69, 9.17) is 4.74 Å². The minimum atomic E-state index is -0.331. The summed E-state index contributed by atoms with van der Waals surface area (Å²) < 4.78 is 5.47. The summed E-state index contributed by atoms with van der Waals surface area (Å²) in [6.45, 7) is 6.02. The molecule has 25 heavy (non-hydrogen) atoms. The zero-order valence-electron chi connectivity index (χ0n) is 15.8. The highest BCUT2D eigenvalue weighted by atomic mass is 16.5. The summed E-state index contributed by atoms with van der Waals surface area (Å²) in [6, 6.07) is 0. The smallest absolute Gasteiger partial charge is 0.302 e. The van der Waals surface area contributed by atoms with E-state index >= 15 is 0 Å². The van der Waals surface area contributed by atoms with Crippen LogP contribution < -0.4 is 0 Å². The number of hydrogen-bond acceptors (Lipinski definition) is 4. The molecule has 0 bridgehead atoms. The molecule has 1 N–H and O–H groups in total. The Hall–Kier alpha value is -0.900. The Bertz CT molecular complexity index is 586. The van der Waals surface area contributed by atoms with Gasteiger partial charge in [-0.05, 0) is 74.0 Å². The molecule has 0 heterocycles. The second-order valence-electron chi connectivity index (χ2n) is 9.72. The fraction of sp³-hybridized carbons (Fsp3) is 0.905. The van der Waals surface area contributed by atoms with Crippen molar-refractivity contribution in [3.63, 3.8) is 0 Å². The third-order valence-electron chi connectivity index (χ3n) is 8.67. The molecule has 0 unspecified atom stereocenters.